The Labute approximate surface area is 177 Å². The molecule has 0 radical (unpaired) electrons. The fourth-order valence-electron chi connectivity index (χ4n) is 3.18. The summed E-state index contributed by atoms with van der Waals surface area (Å²) in [6.45, 7) is 2.57. The van der Waals surface area contributed by atoms with Gasteiger partial charge in [0.2, 0.25) is 0 Å². The average Bonchev–Trinajstić information content (AvgIpc) is 2.80. The van der Waals surface area contributed by atoms with E-state index in [0.29, 0.717) is 18.6 Å². The molecule has 0 bridgehead atoms. The molecule has 5 nitrogen and oxygen atoms in total. The molecule has 0 fully saturated rings. The van der Waals surface area contributed by atoms with Crippen LogP contribution in [-0.2, 0) is 0 Å². The summed E-state index contributed by atoms with van der Waals surface area (Å²) in [6.07, 6.45) is 0.312. The Bertz CT molecular complexity index is 934. The number of carbonyl (C=O) groups excluding carboxylic acids is 1. The number of carbonyl (C=O) groups is 1. The number of hydrogen-bond acceptors (Lipinski definition) is 5. The molecule has 0 aliphatic heterocycles. The van der Waals surface area contributed by atoms with E-state index in [1.165, 1.54) is 0 Å². The second-order valence-corrected chi connectivity index (χ2v) is 6.78. The maximum atomic E-state index is 13.0. The lowest BCUT2D eigenvalue weighted by atomic mass is 9.97. The van der Waals surface area contributed by atoms with Crippen molar-refractivity contribution in [1.29, 1.82) is 0 Å². The van der Waals surface area contributed by atoms with Crippen LogP contribution in [0, 0.1) is 0 Å². The topological polar surface area (TPSA) is 56.8 Å². The number of rotatable bonds is 10. The van der Waals surface area contributed by atoms with Crippen molar-refractivity contribution in [2.24, 2.45) is 0 Å². The molecular weight excluding hydrogens is 378 g/mol. The molecule has 0 saturated carbocycles. The molecule has 0 aromatic heterocycles. The van der Waals surface area contributed by atoms with E-state index in [1.54, 1.807) is 38.5 Å². The van der Waals surface area contributed by atoms with Crippen molar-refractivity contribution in [3.63, 3.8) is 0 Å². The third-order valence-corrected chi connectivity index (χ3v) is 4.83. The van der Waals surface area contributed by atoms with Crippen molar-refractivity contribution in [1.82, 2.24) is 0 Å². The lowest BCUT2D eigenvalue weighted by Crippen LogP contribution is -2.16. The maximum absolute atomic E-state index is 13.0. The van der Waals surface area contributed by atoms with Gasteiger partial charge in [0, 0.05) is 17.7 Å². The number of hydrogen-bond donors (Lipinski definition) is 1. The largest absolute Gasteiger partial charge is 0.497 e. The third kappa shape index (κ3) is 5.54. The molecule has 3 rings (SSSR count). The van der Waals surface area contributed by atoms with E-state index in [9.17, 15) is 4.79 Å². The zero-order valence-corrected chi connectivity index (χ0v) is 17.6. The van der Waals surface area contributed by atoms with Gasteiger partial charge in [-0.25, -0.2) is 0 Å². The Morgan fingerprint density at radius 3 is 1.87 bits per heavy atom. The number of benzene rings is 3. The van der Waals surface area contributed by atoms with Crippen LogP contribution >= 0.6 is 0 Å². The Balaban J connectivity index is 1.82. The zero-order chi connectivity index (χ0) is 21.3. The van der Waals surface area contributed by atoms with Crippen LogP contribution in [0.2, 0.25) is 0 Å². The normalized spacial score (nSPS) is 11.4. The first-order chi connectivity index (χ1) is 14.6. The van der Waals surface area contributed by atoms with Gasteiger partial charge < -0.3 is 19.5 Å². The first-order valence-electron chi connectivity index (χ1n) is 9.93. The van der Waals surface area contributed by atoms with E-state index in [0.717, 1.165) is 28.5 Å². The second kappa shape index (κ2) is 10.3. The Kier molecular flexibility index (Phi) is 7.33. The van der Waals surface area contributed by atoms with Crippen LogP contribution in [0.5, 0.6) is 17.2 Å². The molecular formula is C25H27NO4. The van der Waals surface area contributed by atoms with Gasteiger partial charge >= 0.3 is 0 Å². The van der Waals surface area contributed by atoms with Gasteiger partial charge in [-0.3, -0.25) is 4.79 Å². The van der Waals surface area contributed by atoms with Crippen LogP contribution in [-0.4, -0.2) is 26.6 Å². The summed E-state index contributed by atoms with van der Waals surface area (Å²) >= 11 is 0. The van der Waals surface area contributed by atoms with Crippen molar-refractivity contribution in [2.45, 2.75) is 19.4 Å². The molecule has 0 aliphatic carbocycles. The van der Waals surface area contributed by atoms with Gasteiger partial charge in [-0.1, -0.05) is 12.1 Å². The lowest BCUT2D eigenvalue weighted by Gasteiger charge is -2.21. The van der Waals surface area contributed by atoms with Crippen molar-refractivity contribution in [3.05, 3.63) is 83.9 Å². The molecule has 3 aromatic rings. The predicted molar refractivity (Wildman–Crippen MR) is 119 cm³/mol. The molecule has 0 amide bonds. The quantitative estimate of drug-likeness (QED) is 0.450. The van der Waals surface area contributed by atoms with E-state index in [1.807, 2.05) is 55.5 Å². The highest BCUT2D eigenvalue weighted by atomic mass is 16.5. The van der Waals surface area contributed by atoms with Crippen LogP contribution in [0.15, 0.2) is 72.8 Å². The van der Waals surface area contributed by atoms with E-state index in [-0.39, 0.29) is 11.8 Å². The van der Waals surface area contributed by atoms with E-state index >= 15 is 0 Å². The van der Waals surface area contributed by atoms with Crippen LogP contribution < -0.4 is 19.5 Å². The lowest BCUT2D eigenvalue weighted by molar-refractivity contribution is 0.0976. The molecule has 156 valence electrons. The molecule has 0 saturated heterocycles. The number of ketones is 1. The van der Waals surface area contributed by atoms with E-state index in [4.69, 9.17) is 14.2 Å². The van der Waals surface area contributed by atoms with Gasteiger partial charge in [0.05, 0.1) is 26.9 Å². The van der Waals surface area contributed by atoms with Gasteiger partial charge in [0.1, 0.15) is 17.2 Å². The Morgan fingerprint density at radius 1 is 0.800 bits per heavy atom. The highest BCUT2D eigenvalue weighted by Crippen LogP contribution is 2.27. The SMILES string of the molecule is CCOc1ccc(C(CC(=O)c2ccc(OC)cc2)Nc2ccc(OC)cc2)cc1. The Morgan fingerprint density at radius 2 is 1.33 bits per heavy atom. The average molecular weight is 405 g/mol. The van der Waals surface area contributed by atoms with Crippen LogP contribution in [0.3, 0.4) is 0 Å². The third-order valence-electron chi connectivity index (χ3n) is 4.83. The highest BCUT2D eigenvalue weighted by Gasteiger charge is 2.18. The number of anilines is 1. The maximum Gasteiger partial charge on any atom is 0.165 e. The summed E-state index contributed by atoms with van der Waals surface area (Å²) in [4.78, 5) is 13.0. The minimum Gasteiger partial charge on any atom is -0.497 e. The van der Waals surface area contributed by atoms with Crippen molar-refractivity contribution >= 4 is 11.5 Å². The van der Waals surface area contributed by atoms with Gasteiger partial charge in [0.25, 0.3) is 0 Å². The molecule has 5 heteroatoms. The summed E-state index contributed by atoms with van der Waals surface area (Å²) < 4.78 is 16.0. The van der Waals surface area contributed by atoms with Crippen molar-refractivity contribution in [3.8, 4) is 17.2 Å². The van der Waals surface area contributed by atoms with Crippen LogP contribution in [0.4, 0.5) is 5.69 Å². The Hall–Kier alpha value is -3.47. The van der Waals surface area contributed by atoms with Crippen molar-refractivity contribution in [2.75, 3.05) is 26.1 Å². The monoisotopic (exact) mass is 405 g/mol. The van der Waals surface area contributed by atoms with Crippen molar-refractivity contribution < 1.29 is 19.0 Å². The van der Waals surface area contributed by atoms with Gasteiger partial charge in [-0.2, -0.15) is 0 Å². The number of Topliss-reactive ketones (excluding diaryl/α,β-unsaturated/α-hetero) is 1. The number of nitrogens with one attached hydrogen (secondary N) is 1. The first kappa shape index (κ1) is 21.2. The van der Waals surface area contributed by atoms with Crippen LogP contribution in [0.25, 0.3) is 0 Å². The second-order valence-electron chi connectivity index (χ2n) is 6.78. The number of ether oxygens (including phenoxy) is 3. The fourth-order valence-corrected chi connectivity index (χ4v) is 3.18. The first-order valence-corrected chi connectivity index (χ1v) is 9.93. The molecule has 1 atom stereocenters. The highest BCUT2D eigenvalue weighted by molar-refractivity contribution is 5.96. The minimum atomic E-state index is -0.191. The van der Waals surface area contributed by atoms with Gasteiger partial charge in [-0.15, -0.1) is 0 Å². The van der Waals surface area contributed by atoms with Gasteiger partial charge in [-0.05, 0) is 73.2 Å². The summed E-state index contributed by atoms with van der Waals surface area (Å²) in [5, 5.41) is 3.48. The fraction of sp³-hybridized carbons (Fsp3) is 0.240. The predicted octanol–water partition coefficient (Wildman–Crippen LogP) is 5.53. The summed E-state index contributed by atoms with van der Waals surface area (Å²) in [5.41, 5.74) is 2.58. The zero-order valence-electron chi connectivity index (χ0n) is 17.6. The smallest absolute Gasteiger partial charge is 0.165 e. The molecule has 0 heterocycles. The molecule has 0 spiro atoms. The van der Waals surface area contributed by atoms with E-state index in [2.05, 4.69) is 5.32 Å². The number of methoxy groups -OCH3 is 2. The summed E-state index contributed by atoms with van der Waals surface area (Å²) in [5.74, 6) is 2.38. The summed E-state index contributed by atoms with van der Waals surface area (Å²) in [7, 11) is 3.25. The standard InChI is InChI=1S/C25H27NO4/c1-4-30-23-13-5-18(6-14-23)24(26-20-9-15-22(29-3)16-10-20)17-25(27)19-7-11-21(28-2)12-8-19/h5-16,24,26H,4,17H2,1-3H3. The van der Waals surface area contributed by atoms with E-state index < -0.39 is 0 Å². The van der Waals surface area contributed by atoms with Crippen LogP contribution in [0.1, 0.15) is 35.3 Å². The molecule has 30 heavy (non-hydrogen) atoms. The van der Waals surface area contributed by atoms with Gasteiger partial charge in [0.15, 0.2) is 5.78 Å². The molecule has 1 N–H and O–H groups in total. The minimum absolute atomic E-state index is 0.0533. The molecule has 3 aromatic carbocycles. The summed E-state index contributed by atoms with van der Waals surface area (Å²) in [6, 6.07) is 22.5. The molecule has 0 aliphatic rings. The molecule has 1 unspecified atom stereocenters.